The third kappa shape index (κ3) is 5.57. The molecule has 1 aliphatic heterocycles. The van der Waals surface area contributed by atoms with Crippen LogP contribution in [0.4, 0.5) is 4.39 Å². The van der Waals surface area contributed by atoms with E-state index in [1.54, 1.807) is 19.2 Å². The Hall–Kier alpha value is -0.930. The lowest BCUT2D eigenvalue weighted by atomic mass is 9.79. The van der Waals surface area contributed by atoms with E-state index in [1.165, 1.54) is 18.4 Å². The zero-order valence-corrected chi connectivity index (χ0v) is 19.0. The number of aliphatic hydroxyl groups is 1. The Morgan fingerprint density at radius 3 is 2.39 bits per heavy atom. The number of benzene rings is 1. The van der Waals surface area contributed by atoms with E-state index >= 15 is 0 Å². The van der Waals surface area contributed by atoms with E-state index in [4.69, 9.17) is 4.74 Å². The number of hydrogen-bond donors (Lipinski definition) is 3. The van der Waals surface area contributed by atoms with Gasteiger partial charge in [-0.3, -0.25) is 4.99 Å². The van der Waals surface area contributed by atoms with Gasteiger partial charge >= 0.3 is 0 Å². The van der Waals surface area contributed by atoms with Crippen molar-refractivity contribution in [3.63, 3.8) is 0 Å². The van der Waals surface area contributed by atoms with Gasteiger partial charge in [0.05, 0.1) is 6.61 Å². The molecule has 1 unspecified atom stereocenters. The minimum absolute atomic E-state index is 0. The van der Waals surface area contributed by atoms with Crippen molar-refractivity contribution in [3.8, 4) is 0 Å². The second-order valence-electron chi connectivity index (χ2n) is 8.05. The van der Waals surface area contributed by atoms with Gasteiger partial charge in [0.1, 0.15) is 5.82 Å². The van der Waals surface area contributed by atoms with E-state index in [0.29, 0.717) is 6.61 Å². The molecule has 2 aliphatic rings. The fourth-order valence-corrected chi connectivity index (χ4v) is 4.48. The monoisotopic (exact) mass is 505 g/mol. The second kappa shape index (κ2) is 10.7. The van der Waals surface area contributed by atoms with Crippen molar-refractivity contribution in [1.82, 2.24) is 10.6 Å². The highest BCUT2D eigenvalue weighted by Crippen LogP contribution is 2.40. The van der Waals surface area contributed by atoms with Gasteiger partial charge in [-0.25, -0.2) is 4.39 Å². The Morgan fingerprint density at radius 2 is 1.82 bits per heavy atom. The normalized spacial score (nSPS) is 24.0. The number of guanidine groups is 1. The van der Waals surface area contributed by atoms with Crippen molar-refractivity contribution in [2.45, 2.75) is 43.9 Å². The summed E-state index contributed by atoms with van der Waals surface area (Å²) in [5.41, 5.74) is 1.21. The zero-order chi connectivity index (χ0) is 19.2. The van der Waals surface area contributed by atoms with Crippen LogP contribution in [-0.4, -0.2) is 51.0 Å². The molecule has 0 radical (unpaired) electrons. The Labute approximate surface area is 184 Å². The molecular formula is C21H33FIN3O2. The summed E-state index contributed by atoms with van der Waals surface area (Å²) in [4.78, 5) is 4.37. The summed E-state index contributed by atoms with van der Waals surface area (Å²) in [6.45, 7) is 3.11. The molecule has 2 fully saturated rings. The van der Waals surface area contributed by atoms with Gasteiger partial charge in [0.15, 0.2) is 5.96 Å². The van der Waals surface area contributed by atoms with E-state index in [-0.39, 0.29) is 47.2 Å². The Kier molecular flexibility index (Phi) is 8.95. The largest absolute Gasteiger partial charge is 0.396 e. The van der Waals surface area contributed by atoms with E-state index in [0.717, 1.165) is 51.3 Å². The topological polar surface area (TPSA) is 65.9 Å². The maximum absolute atomic E-state index is 13.3. The average Bonchev–Trinajstić information content (AvgIpc) is 3.34. The van der Waals surface area contributed by atoms with Crippen LogP contribution in [0.5, 0.6) is 0 Å². The van der Waals surface area contributed by atoms with Gasteiger partial charge in [-0.2, -0.15) is 0 Å². The smallest absolute Gasteiger partial charge is 0.191 e. The van der Waals surface area contributed by atoms with Gasteiger partial charge in [-0.05, 0) is 43.4 Å². The SMILES string of the molecule is CN=C(NCC1(CCO)CCOC1)NCC1(c2ccc(F)cc2)CCCC1.I. The molecule has 0 amide bonds. The third-order valence-electron chi connectivity index (χ3n) is 6.29. The van der Waals surface area contributed by atoms with E-state index in [1.807, 2.05) is 12.1 Å². The molecule has 28 heavy (non-hydrogen) atoms. The first-order valence-corrected chi connectivity index (χ1v) is 10.0. The molecule has 1 saturated heterocycles. The number of halogens is 2. The highest BCUT2D eigenvalue weighted by atomic mass is 127. The van der Waals surface area contributed by atoms with E-state index < -0.39 is 0 Å². The molecule has 1 aromatic rings. The first kappa shape index (κ1) is 23.3. The van der Waals surface area contributed by atoms with Crippen molar-refractivity contribution in [2.75, 3.05) is 40.0 Å². The summed E-state index contributed by atoms with van der Waals surface area (Å²) in [5, 5.41) is 16.3. The summed E-state index contributed by atoms with van der Waals surface area (Å²) in [5.74, 6) is 0.581. The van der Waals surface area contributed by atoms with Crippen LogP contribution >= 0.6 is 24.0 Å². The molecular weight excluding hydrogens is 472 g/mol. The minimum atomic E-state index is -0.190. The first-order valence-electron chi connectivity index (χ1n) is 10.0. The Balaban J connectivity index is 0.00000280. The molecule has 5 nitrogen and oxygen atoms in total. The summed E-state index contributed by atoms with van der Waals surface area (Å²) >= 11 is 0. The van der Waals surface area contributed by atoms with Crippen LogP contribution < -0.4 is 10.6 Å². The highest BCUT2D eigenvalue weighted by molar-refractivity contribution is 14.0. The standard InChI is InChI=1S/C21H32FN3O2.HI/c1-23-19(24-14-20(10-12-26)11-13-27-16-20)25-15-21(8-2-3-9-21)17-4-6-18(22)7-5-17;/h4-7,26H,2-3,8-16H2,1H3,(H2,23,24,25);1H. The predicted octanol–water partition coefficient (Wildman–Crippen LogP) is 3.21. The number of hydrogen-bond acceptors (Lipinski definition) is 3. The number of nitrogens with one attached hydrogen (secondary N) is 2. The molecule has 1 atom stereocenters. The third-order valence-corrected chi connectivity index (χ3v) is 6.29. The molecule has 1 aliphatic carbocycles. The Bertz CT molecular complexity index is 627. The molecule has 0 bridgehead atoms. The summed E-state index contributed by atoms with van der Waals surface area (Å²) in [6.07, 6.45) is 6.29. The predicted molar refractivity (Wildman–Crippen MR) is 121 cm³/mol. The van der Waals surface area contributed by atoms with Crippen LogP contribution in [0.1, 0.15) is 44.1 Å². The number of aliphatic imine (C=N–C) groups is 1. The van der Waals surface area contributed by atoms with E-state index in [9.17, 15) is 9.50 Å². The van der Waals surface area contributed by atoms with E-state index in [2.05, 4.69) is 15.6 Å². The minimum Gasteiger partial charge on any atom is -0.396 e. The van der Waals surface area contributed by atoms with Gasteiger partial charge in [-0.15, -0.1) is 24.0 Å². The molecule has 1 heterocycles. The first-order chi connectivity index (χ1) is 13.1. The fraction of sp³-hybridized carbons (Fsp3) is 0.667. The Morgan fingerprint density at radius 1 is 1.14 bits per heavy atom. The molecule has 3 N–H and O–H groups in total. The number of nitrogens with zero attached hydrogens (tertiary/aromatic N) is 1. The van der Waals surface area contributed by atoms with Crippen molar-refractivity contribution in [3.05, 3.63) is 35.6 Å². The van der Waals surface area contributed by atoms with Crippen LogP contribution in [0.15, 0.2) is 29.3 Å². The summed E-state index contributed by atoms with van der Waals surface area (Å²) in [7, 11) is 1.78. The van der Waals surface area contributed by atoms with Gasteiger partial charge in [0.2, 0.25) is 0 Å². The number of ether oxygens (including phenoxy) is 1. The van der Waals surface area contributed by atoms with Crippen LogP contribution in [-0.2, 0) is 10.2 Å². The fourth-order valence-electron chi connectivity index (χ4n) is 4.48. The van der Waals surface area contributed by atoms with Crippen LogP contribution in [0.3, 0.4) is 0 Å². The lowest BCUT2D eigenvalue weighted by molar-refractivity contribution is 0.127. The molecule has 158 valence electrons. The summed E-state index contributed by atoms with van der Waals surface area (Å²) in [6, 6.07) is 6.96. The quantitative estimate of drug-likeness (QED) is 0.303. The van der Waals surface area contributed by atoms with Gasteiger partial charge in [0.25, 0.3) is 0 Å². The zero-order valence-electron chi connectivity index (χ0n) is 16.7. The maximum Gasteiger partial charge on any atom is 0.191 e. The van der Waals surface area contributed by atoms with Gasteiger partial charge < -0.3 is 20.5 Å². The average molecular weight is 505 g/mol. The molecule has 0 aromatic heterocycles. The summed E-state index contributed by atoms with van der Waals surface area (Å²) < 4.78 is 18.9. The van der Waals surface area contributed by atoms with Crippen LogP contribution in [0.25, 0.3) is 0 Å². The lowest BCUT2D eigenvalue weighted by Gasteiger charge is -2.32. The van der Waals surface area contributed by atoms with Crippen LogP contribution in [0.2, 0.25) is 0 Å². The number of rotatable bonds is 7. The van der Waals surface area contributed by atoms with Gasteiger partial charge in [-0.1, -0.05) is 25.0 Å². The molecule has 1 aromatic carbocycles. The molecule has 7 heteroatoms. The van der Waals surface area contributed by atoms with Gasteiger partial charge in [0, 0.05) is 44.2 Å². The second-order valence-corrected chi connectivity index (χ2v) is 8.05. The maximum atomic E-state index is 13.3. The van der Waals surface area contributed by atoms with Crippen molar-refractivity contribution in [1.29, 1.82) is 0 Å². The lowest BCUT2D eigenvalue weighted by Crippen LogP contribution is -2.48. The number of aliphatic hydroxyl groups excluding tert-OH is 1. The molecule has 3 rings (SSSR count). The molecule has 0 spiro atoms. The highest BCUT2D eigenvalue weighted by Gasteiger charge is 2.37. The van der Waals surface area contributed by atoms with Crippen LogP contribution in [0, 0.1) is 11.2 Å². The van der Waals surface area contributed by atoms with Crippen molar-refractivity contribution < 1.29 is 14.2 Å². The van der Waals surface area contributed by atoms with Crippen molar-refractivity contribution >= 4 is 29.9 Å². The molecule has 1 saturated carbocycles. The van der Waals surface area contributed by atoms with Crippen molar-refractivity contribution in [2.24, 2.45) is 10.4 Å².